The fraction of sp³-hybridized carbons (Fsp3) is 0.154. The molecule has 2 unspecified atom stereocenters. The van der Waals surface area contributed by atoms with E-state index in [1.165, 1.54) is 27.8 Å². The van der Waals surface area contributed by atoms with Crippen molar-refractivity contribution in [2.75, 3.05) is 4.72 Å². The predicted octanol–water partition coefficient (Wildman–Crippen LogP) is 6.38. The lowest BCUT2D eigenvalue weighted by Gasteiger charge is -2.31. The van der Waals surface area contributed by atoms with Crippen molar-refractivity contribution in [2.45, 2.75) is 19.3 Å². The molecular formula is C26H23NO2S. The van der Waals surface area contributed by atoms with Gasteiger partial charge in [0.15, 0.2) is 0 Å². The Kier molecular flexibility index (Phi) is 5.11. The summed E-state index contributed by atoms with van der Waals surface area (Å²) in [6.45, 7) is 0. The molecule has 0 radical (unpaired) electrons. The van der Waals surface area contributed by atoms with Crippen LogP contribution in [0.15, 0.2) is 84.5 Å². The molecule has 0 saturated heterocycles. The largest absolute Gasteiger partial charge is 0.289 e. The molecule has 0 heterocycles. The number of fused-ring (bicyclic) bond motifs is 4. The van der Waals surface area contributed by atoms with Gasteiger partial charge in [-0.3, -0.25) is 9.27 Å². The van der Waals surface area contributed by atoms with Gasteiger partial charge in [0.25, 0.3) is 11.3 Å². The van der Waals surface area contributed by atoms with E-state index in [-0.39, 0.29) is 0 Å². The molecule has 2 aliphatic carbocycles. The van der Waals surface area contributed by atoms with Gasteiger partial charge in [-0.1, -0.05) is 84.5 Å². The van der Waals surface area contributed by atoms with Gasteiger partial charge in [0.1, 0.15) is 0 Å². The average molecular weight is 414 g/mol. The van der Waals surface area contributed by atoms with E-state index in [1.54, 1.807) is 0 Å². The van der Waals surface area contributed by atoms with E-state index in [0.717, 1.165) is 30.0 Å². The molecule has 0 saturated carbocycles. The van der Waals surface area contributed by atoms with E-state index in [1.807, 2.05) is 18.2 Å². The monoisotopic (exact) mass is 413 g/mol. The molecule has 0 aliphatic heterocycles. The van der Waals surface area contributed by atoms with Crippen LogP contribution in [0, 0.1) is 5.92 Å². The molecule has 0 bridgehead atoms. The lowest BCUT2D eigenvalue weighted by molar-refractivity contribution is 0.570. The van der Waals surface area contributed by atoms with Crippen LogP contribution in [0.3, 0.4) is 0 Å². The van der Waals surface area contributed by atoms with Gasteiger partial charge >= 0.3 is 0 Å². The van der Waals surface area contributed by atoms with Gasteiger partial charge in [-0.15, -0.1) is 0 Å². The van der Waals surface area contributed by atoms with Crippen LogP contribution in [0.5, 0.6) is 0 Å². The Morgan fingerprint density at radius 2 is 1.87 bits per heavy atom. The number of hydrogen-bond acceptors (Lipinski definition) is 1. The predicted molar refractivity (Wildman–Crippen MR) is 126 cm³/mol. The molecule has 2 aliphatic rings. The van der Waals surface area contributed by atoms with Crippen molar-refractivity contribution in [2.24, 2.45) is 5.92 Å². The van der Waals surface area contributed by atoms with Gasteiger partial charge in [0, 0.05) is 11.3 Å². The topological polar surface area (TPSA) is 49.3 Å². The van der Waals surface area contributed by atoms with E-state index in [0.29, 0.717) is 11.6 Å². The fourth-order valence-corrected chi connectivity index (χ4v) is 5.09. The Bertz CT molecular complexity index is 1220. The highest BCUT2D eigenvalue weighted by Crippen LogP contribution is 2.44. The zero-order valence-corrected chi connectivity index (χ0v) is 17.4. The van der Waals surface area contributed by atoms with E-state index in [4.69, 9.17) is 0 Å². The standard InChI is InChI=1S/C26H23NO2S/c28-30(29)27-26-12-6-11-22-24(26)16-15-23-21-10-5-4-9-20(21)19(17-25(22)23)14-13-18-7-2-1-3-8-18/h1-3,5-8,10-16,19,27H,4,9,17H2,(H,28,29). The molecule has 0 fully saturated rings. The van der Waals surface area contributed by atoms with Crippen molar-refractivity contribution >= 4 is 39.4 Å². The summed E-state index contributed by atoms with van der Waals surface area (Å²) in [5.74, 6) is 0.354. The van der Waals surface area contributed by atoms with E-state index in [2.05, 4.69) is 71.5 Å². The van der Waals surface area contributed by atoms with Crippen molar-refractivity contribution < 1.29 is 8.76 Å². The summed E-state index contributed by atoms with van der Waals surface area (Å²) >= 11 is -2.09. The number of benzene rings is 3. The second kappa shape index (κ2) is 8.05. The molecule has 0 spiro atoms. The number of anilines is 1. The van der Waals surface area contributed by atoms with Crippen LogP contribution in [0.2, 0.25) is 0 Å². The van der Waals surface area contributed by atoms with Crippen LogP contribution in [-0.2, 0) is 17.7 Å². The van der Waals surface area contributed by atoms with Crippen LogP contribution in [0.4, 0.5) is 5.69 Å². The molecule has 3 aromatic carbocycles. The van der Waals surface area contributed by atoms with Gasteiger partial charge in [-0.05, 0) is 53.0 Å². The highest BCUT2D eigenvalue weighted by atomic mass is 32.2. The first-order chi connectivity index (χ1) is 14.7. The molecule has 0 aromatic heterocycles. The maximum Gasteiger partial charge on any atom is 0.259 e. The SMILES string of the molecule is O=S(O)Nc1cccc2c3c(ccc12)C1=C(CCC=C1)C(C=Cc1ccccc1)C3. The van der Waals surface area contributed by atoms with Crippen molar-refractivity contribution in [1.82, 2.24) is 0 Å². The van der Waals surface area contributed by atoms with Gasteiger partial charge in [-0.25, -0.2) is 4.21 Å². The van der Waals surface area contributed by atoms with E-state index < -0.39 is 11.3 Å². The quantitative estimate of drug-likeness (QED) is 0.488. The van der Waals surface area contributed by atoms with Crippen molar-refractivity contribution in [3.05, 3.63) is 101 Å². The maximum atomic E-state index is 11.3. The Balaban J connectivity index is 1.63. The highest BCUT2D eigenvalue weighted by Gasteiger charge is 2.27. The number of hydrogen-bond donors (Lipinski definition) is 2. The lowest BCUT2D eigenvalue weighted by atomic mass is 9.73. The third kappa shape index (κ3) is 3.53. The second-order valence-electron chi connectivity index (χ2n) is 7.80. The van der Waals surface area contributed by atoms with Crippen molar-refractivity contribution in [3.8, 4) is 0 Å². The van der Waals surface area contributed by atoms with Crippen LogP contribution >= 0.6 is 0 Å². The van der Waals surface area contributed by atoms with E-state index in [9.17, 15) is 8.76 Å². The molecule has 3 nitrogen and oxygen atoms in total. The molecule has 2 N–H and O–H groups in total. The molecule has 4 heteroatoms. The molecule has 150 valence electrons. The zero-order valence-electron chi connectivity index (χ0n) is 16.5. The maximum absolute atomic E-state index is 11.3. The zero-order chi connectivity index (χ0) is 20.5. The minimum atomic E-state index is -2.09. The summed E-state index contributed by atoms with van der Waals surface area (Å²) < 4.78 is 23.3. The van der Waals surface area contributed by atoms with Crippen LogP contribution in [0.1, 0.15) is 29.5 Å². The first kappa shape index (κ1) is 19.0. The number of nitrogens with one attached hydrogen (secondary N) is 1. The first-order valence-electron chi connectivity index (χ1n) is 10.3. The summed E-state index contributed by atoms with van der Waals surface area (Å²) in [5, 5.41) is 2.12. The minimum absolute atomic E-state index is 0.354. The Hall–Kier alpha value is -2.95. The first-order valence-corrected chi connectivity index (χ1v) is 11.4. The molecule has 0 amide bonds. The molecule has 30 heavy (non-hydrogen) atoms. The van der Waals surface area contributed by atoms with Crippen LogP contribution in [0.25, 0.3) is 22.4 Å². The average Bonchev–Trinajstić information content (AvgIpc) is 2.78. The lowest BCUT2D eigenvalue weighted by Crippen LogP contribution is -2.16. The van der Waals surface area contributed by atoms with Crippen molar-refractivity contribution in [1.29, 1.82) is 0 Å². The highest BCUT2D eigenvalue weighted by molar-refractivity contribution is 7.80. The number of allylic oxidation sites excluding steroid dienone is 5. The van der Waals surface area contributed by atoms with E-state index >= 15 is 0 Å². The summed E-state index contributed by atoms with van der Waals surface area (Å²) in [6.07, 6.45) is 12.2. The van der Waals surface area contributed by atoms with Gasteiger partial charge < -0.3 is 0 Å². The molecular weight excluding hydrogens is 390 g/mol. The van der Waals surface area contributed by atoms with Crippen molar-refractivity contribution in [3.63, 3.8) is 0 Å². The normalized spacial score (nSPS) is 19.0. The van der Waals surface area contributed by atoms with Gasteiger partial charge in [0.2, 0.25) is 0 Å². The van der Waals surface area contributed by atoms with Gasteiger partial charge in [0.05, 0.1) is 5.69 Å². The third-order valence-electron chi connectivity index (χ3n) is 6.06. The Morgan fingerprint density at radius 1 is 1.00 bits per heavy atom. The smallest absolute Gasteiger partial charge is 0.259 e. The minimum Gasteiger partial charge on any atom is -0.289 e. The number of rotatable bonds is 4. The summed E-state index contributed by atoms with van der Waals surface area (Å²) in [6, 6.07) is 20.6. The second-order valence-corrected chi connectivity index (χ2v) is 8.51. The molecule has 2 atom stereocenters. The molecule has 5 rings (SSSR count). The fourth-order valence-electron chi connectivity index (χ4n) is 4.72. The summed E-state index contributed by atoms with van der Waals surface area (Å²) in [5.41, 5.74) is 7.37. The summed E-state index contributed by atoms with van der Waals surface area (Å²) in [7, 11) is 0. The molecule has 3 aromatic rings. The third-order valence-corrected chi connectivity index (χ3v) is 6.46. The van der Waals surface area contributed by atoms with Crippen LogP contribution < -0.4 is 4.72 Å². The Morgan fingerprint density at radius 3 is 2.70 bits per heavy atom. The summed E-state index contributed by atoms with van der Waals surface area (Å²) in [4.78, 5) is 0. The Labute approximate surface area is 179 Å². The van der Waals surface area contributed by atoms with Crippen LogP contribution in [-0.4, -0.2) is 8.76 Å². The van der Waals surface area contributed by atoms with Gasteiger partial charge in [-0.2, -0.15) is 0 Å².